The third kappa shape index (κ3) is 11.7. The summed E-state index contributed by atoms with van der Waals surface area (Å²) in [4.78, 5) is 40.7. The lowest BCUT2D eigenvalue weighted by molar-refractivity contribution is 0.672. The van der Waals surface area contributed by atoms with Crippen LogP contribution < -0.4 is 0 Å². The Morgan fingerprint density at radius 2 is 0.474 bits per heavy atom. The van der Waals surface area contributed by atoms with Crippen LogP contribution in [0.1, 0.15) is 0 Å². The molecule has 0 fully saturated rings. The van der Waals surface area contributed by atoms with Crippen LogP contribution in [0.5, 0.6) is 0 Å². The minimum absolute atomic E-state index is 0.600. The molecule has 23 rings (SSSR count). The van der Waals surface area contributed by atoms with Crippen LogP contribution in [0.2, 0.25) is 0 Å². The summed E-state index contributed by atoms with van der Waals surface area (Å²) in [7, 11) is 0. The molecular weight excluding hydrogens is 1430 g/mol. The second kappa shape index (κ2) is 27.6. The van der Waals surface area contributed by atoms with E-state index in [1.165, 1.54) is 51.5 Å². The Hall–Kier alpha value is -14.8. The normalized spacial score (nSPS) is 11.7. The van der Waals surface area contributed by atoms with Crippen molar-refractivity contribution in [3.63, 3.8) is 0 Å². The van der Waals surface area contributed by atoms with Crippen LogP contribution in [0.25, 0.3) is 230 Å². The quantitative estimate of drug-likeness (QED) is 0.123. The summed E-state index contributed by atoms with van der Waals surface area (Å²) >= 11 is 3.68. The van der Waals surface area contributed by atoms with Crippen LogP contribution in [-0.2, 0) is 0 Å². The number of hydrogen-bond donors (Lipinski definition) is 0. The van der Waals surface area contributed by atoms with Gasteiger partial charge >= 0.3 is 0 Å². The van der Waals surface area contributed by atoms with Gasteiger partial charge in [0.1, 0.15) is 22.3 Å². The van der Waals surface area contributed by atoms with Gasteiger partial charge in [0.25, 0.3) is 0 Å². The predicted molar refractivity (Wildman–Crippen MR) is 470 cm³/mol. The average Bonchev–Trinajstić information content (AvgIpc) is 1.54. The van der Waals surface area contributed by atoms with Gasteiger partial charge in [-0.3, -0.25) is 0 Å². The SMILES string of the molecule is c1ccc(-c2ccc(-c3nc(-c4ccccc4)nc(-c4ccc(-c5nc6cc(-c7cccc8c7sc7ccccc78)ccc6c6oc7ccccc7c56)cc4)n3)cc2)cc1.c1ccc(-c2nc(-c3ccccc3)nc(-c3ccc(-c4nc5cc(-c6cccc7c6sc6ccccc67)ccc5c5oc6ccccc6c45)cc3)n2)cc1. The van der Waals surface area contributed by atoms with Gasteiger partial charge in [0.05, 0.1) is 33.2 Å². The highest BCUT2D eigenvalue weighted by Crippen LogP contribution is 2.47. The molecule has 0 saturated heterocycles. The number of nitrogens with zero attached hydrogens (tertiary/aromatic N) is 8. The van der Waals surface area contributed by atoms with Crippen molar-refractivity contribution in [1.29, 1.82) is 0 Å². The van der Waals surface area contributed by atoms with E-state index in [4.69, 9.17) is 48.7 Å². The molecule has 8 aromatic heterocycles. The summed E-state index contributed by atoms with van der Waals surface area (Å²) in [5, 5.41) is 11.2. The first-order valence-corrected chi connectivity index (χ1v) is 39.5. The van der Waals surface area contributed by atoms with Crippen molar-refractivity contribution < 1.29 is 8.83 Å². The maximum Gasteiger partial charge on any atom is 0.164 e. The van der Waals surface area contributed by atoms with Crippen molar-refractivity contribution in [3.05, 3.63) is 364 Å². The van der Waals surface area contributed by atoms with Crippen molar-refractivity contribution in [2.75, 3.05) is 0 Å². The van der Waals surface area contributed by atoms with Crippen molar-refractivity contribution in [2.24, 2.45) is 0 Å². The molecular formula is C102H60N8O2S2. The number of thiophene rings is 2. The molecule has 0 unspecified atom stereocenters. The Morgan fingerprint density at radius 1 is 0.193 bits per heavy atom. The van der Waals surface area contributed by atoms with Crippen LogP contribution in [0.3, 0.4) is 0 Å². The van der Waals surface area contributed by atoms with Gasteiger partial charge in [0.15, 0.2) is 34.9 Å². The maximum absolute atomic E-state index is 6.65. The monoisotopic (exact) mass is 1490 g/mol. The Labute approximate surface area is 661 Å². The van der Waals surface area contributed by atoms with Gasteiger partial charge in [0.2, 0.25) is 0 Å². The third-order valence-corrected chi connectivity index (χ3v) is 23.9. The van der Waals surface area contributed by atoms with E-state index in [0.717, 1.165) is 144 Å². The molecule has 0 aliphatic carbocycles. The predicted octanol–water partition coefficient (Wildman–Crippen LogP) is 27.7. The van der Waals surface area contributed by atoms with E-state index in [0.29, 0.717) is 34.9 Å². The molecule has 0 aliphatic heterocycles. The molecule has 0 aliphatic rings. The van der Waals surface area contributed by atoms with Crippen molar-refractivity contribution in [2.45, 2.75) is 0 Å². The molecule has 12 heteroatoms. The van der Waals surface area contributed by atoms with E-state index in [9.17, 15) is 0 Å². The van der Waals surface area contributed by atoms with Crippen molar-refractivity contribution in [3.8, 4) is 124 Å². The Kier molecular flexibility index (Phi) is 16.0. The average molecular weight is 1490 g/mol. The summed E-state index contributed by atoms with van der Waals surface area (Å²) in [6.07, 6.45) is 0. The van der Waals surface area contributed by atoms with E-state index in [1.807, 2.05) is 144 Å². The molecule has 15 aromatic carbocycles. The first kappa shape index (κ1) is 66.2. The second-order valence-corrected chi connectivity index (χ2v) is 30.5. The number of hydrogen-bond acceptors (Lipinski definition) is 12. The summed E-state index contributed by atoms with van der Waals surface area (Å²) in [6, 6.07) is 126. The summed E-state index contributed by atoms with van der Waals surface area (Å²) in [6.45, 7) is 0. The second-order valence-electron chi connectivity index (χ2n) is 28.4. The fraction of sp³-hybridized carbons (Fsp3) is 0. The number of rotatable bonds is 11. The molecule has 532 valence electrons. The fourth-order valence-corrected chi connectivity index (χ4v) is 18.4. The molecule has 0 amide bonds. The van der Waals surface area contributed by atoms with Gasteiger partial charge in [0, 0.05) is 106 Å². The van der Waals surface area contributed by atoms with Gasteiger partial charge in [-0.15, -0.1) is 22.7 Å². The highest BCUT2D eigenvalue weighted by atomic mass is 32.1. The van der Waals surface area contributed by atoms with Gasteiger partial charge in [-0.2, -0.15) is 0 Å². The van der Waals surface area contributed by atoms with E-state index in [2.05, 4.69) is 243 Å². The maximum atomic E-state index is 6.65. The largest absolute Gasteiger partial charge is 0.455 e. The Balaban J connectivity index is 0.000000140. The molecule has 114 heavy (non-hydrogen) atoms. The van der Waals surface area contributed by atoms with E-state index >= 15 is 0 Å². The van der Waals surface area contributed by atoms with E-state index < -0.39 is 0 Å². The standard InChI is InChI=1S/C54H32N4OS.C48H28N4OS/c1-3-12-33(13-4-1)34-22-26-37(27-23-34)53-56-52(36-14-5-2-6-15-36)57-54(58-53)38-28-24-35(25-29-38)49-48-44-17-7-9-20-46(44)59-50(48)43-31-30-39(32-45(43)55-49)40-18-11-19-42-41-16-8-10-21-47(41)60-51(40)42;1-3-12-30(13-4-1)46-50-47(31-14-5-2-6-15-31)52-48(51-46)32-24-22-29(23-25-32)43-42-38-17-7-9-20-40(38)53-44(42)37-27-26-33(28-39(37)49-43)34-18-11-19-36-35-16-8-10-21-41(35)54-45(34)36/h1-32H;1-28H. The van der Waals surface area contributed by atoms with Gasteiger partial charge in [-0.25, -0.2) is 39.9 Å². The molecule has 23 aromatic rings. The highest BCUT2D eigenvalue weighted by Gasteiger charge is 2.24. The first-order chi connectivity index (χ1) is 56.5. The van der Waals surface area contributed by atoms with Crippen LogP contribution in [0.4, 0.5) is 0 Å². The number of fused-ring (bicyclic) bond motifs is 16. The van der Waals surface area contributed by atoms with Crippen molar-refractivity contribution in [1.82, 2.24) is 39.9 Å². The summed E-state index contributed by atoms with van der Waals surface area (Å²) in [5.74, 6) is 3.72. The molecule has 0 atom stereocenters. The third-order valence-electron chi connectivity index (χ3n) is 21.5. The van der Waals surface area contributed by atoms with Gasteiger partial charge < -0.3 is 8.83 Å². The number of furan rings is 2. The van der Waals surface area contributed by atoms with E-state index in [1.54, 1.807) is 0 Å². The van der Waals surface area contributed by atoms with Gasteiger partial charge in [-0.05, 0) is 81.9 Å². The zero-order chi connectivity index (χ0) is 75.2. The molecule has 0 spiro atoms. The molecule has 0 bridgehead atoms. The zero-order valence-corrected chi connectivity index (χ0v) is 62.5. The Bertz CT molecular complexity index is 7640. The van der Waals surface area contributed by atoms with Crippen LogP contribution in [0, 0.1) is 0 Å². The molecule has 8 heterocycles. The van der Waals surface area contributed by atoms with Crippen LogP contribution in [-0.4, -0.2) is 39.9 Å². The lowest BCUT2D eigenvalue weighted by Gasteiger charge is -2.11. The minimum atomic E-state index is 0.600. The van der Waals surface area contributed by atoms with Crippen molar-refractivity contribution >= 4 is 129 Å². The highest BCUT2D eigenvalue weighted by molar-refractivity contribution is 7.26. The smallest absolute Gasteiger partial charge is 0.164 e. The molecule has 0 N–H and O–H groups in total. The molecule has 0 saturated carbocycles. The Morgan fingerprint density at radius 3 is 0.851 bits per heavy atom. The number of pyridine rings is 2. The summed E-state index contributed by atoms with van der Waals surface area (Å²) < 4.78 is 18.4. The number of benzene rings is 15. The minimum Gasteiger partial charge on any atom is -0.455 e. The zero-order valence-electron chi connectivity index (χ0n) is 60.9. The lowest BCUT2D eigenvalue weighted by atomic mass is 9.98. The topological polar surface area (TPSA) is 129 Å². The molecule has 10 nitrogen and oxygen atoms in total. The first-order valence-electron chi connectivity index (χ1n) is 37.8. The summed E-state index contributed by atoms with van der Waals surface area (Å²) in [5.41, 5.74) is 21.3. The van der Waals surface area contributed by atoms with Crippen LogP contribution >= 0.6 is 22.7 Å². The number of para-hydroxylation sites is 2. The number of aromatic nitrogens is 8. The fourth-order valence-electron chi connectivity index (χ4n) is 15.9. The van der Waals surface area contributed by atoms with Crippen LogP contribution in [0.15, 0.2) is 373 Å². The lowest BCUT2D eigenvalue weighted by Crippen LogP contribution is -2.00. The molecule has 0 radical (unpaired) electrons. The van der Waals surface area contributed by atoms with E-state index in [-0.39, 0.29) is 0 Å². The van der Waals surface area contributed by atoms with Gasteiger partial charge in [-0.1, -0.05) is 315 Å².